The zero-order valence-corrected chi connectivity index (χ0v) is 14.6. The van der Waals surface area contributed by atoms with Crippen LogP contribution in [0.25, 0.3) is 0 Å². The third kappa shape index (κ3) is 4.59. The van der Waals surface area contributed by atoms with Crippen LogP contribution in [0.2, 0.25) is 0 Å². The van der Waals surface area contributed by atoms with Gasteiger partial charge >= 0.3 is 0 Å². The Labute approximate surface area is 145 Å². The van der Waals surface area contributed by atoms with Gasteiger partial charge in [0.05, 0.1) is 0 Å². The molecule has 2 aromatic carbocycles. The minimum atomic E-state index is 0.492. The normalized spacial score (nSPS) is 16.7. The molecule has 0 amide bonds. The van der Waals surface area contributed by atoms with E-state index in [9.17, 15) is 0 Å². The lowest BCUT2D eigenvalue weighted by molar-refractivity contribution is 0.163. The summed E-state index contributed by atoms with van der Waals surface area (Å²) in [5, 5.41) is 3.45. The van der Waals surface area contributed by atoms with Gasteiger partial charge in [-0.3, -0.25) is 4.90 Å². The van der Waals surface area contributed by atoms with Crippen LogP contribution in [0.5, 0.6) is 11.5 Å². The van der Waals surface area contributed by atoms with E-state index in [1.807, 2.05) is 36.4 Å². The fourth-order valence-electron chi connectivity index (χ4n) is 3.36. The first-order valence-corrected chi connectivity index (χ1v) is 9.14. The predicted octanol–water partition coefficient (Wildman–Crippen LogP) is 4.62. The van der Waals surface area contributed by atoms with Gasteiger partial charge in [0.2, 0.25) is 0 Å². The first-order valence-electron chi connectivity index (χ1n) is 9.14. The Bertz CT molecular complexity index is 608. The van der Waals surface area contributed by atoms with E-state index in [1.165, 1.54) is 24.8 Å². The van der Waals surface area contributed by atoms with Gasteiger partial charge in [0, 0.05) is 32.2 Å². The summed E-state index contributed by atoms with van der Waals surface area (Å²) in [5.74, 6) is 1.82. The number of nitrogens with one attached hydrogen (secondary N) is 1. The van der Waals surface area contributed by atoms with E-state index >= 15 is 0 Å². The van der Waals surface area contributed by atoms with E-state index in [-0.39, 0.29) is 0 Å². The Balaban J connectivity index is 1.77. The summed E-state index contributed by atoms with van der Waals surface area (Å²) in [5.41, 5.74) is 1.37. The fraction of sp³-hybridized carbons (Fsp3) is 0.429. The van der Waals surface area contributed by atoms with Crippen molar-refractivity contribution in [3.63, 3.8) is 0 Å². The molecule has 3 nitrogen and oxygen atoms in total. The van der Waals surface area contributed by atoms with Gasteiger partial charge in [-0.2, -0.15) is 0 Å². The van der Waals surface area contributed by atoms with Gasteiger partial charge in [0.1, 0.15) is 11.5 Å². The average molecular weight is 324 g/mol. The third-order valence-electron chi connectivity index (χ3n) is 4.65. The van der Waals surface area contributed by atoms with Crippen molar-refractivity contribution in [1.29, 1.82) is 0 Å². The van der Waals surface area contributed by atoms with Crippen LogP contribution in [0.4, 0.5) is 0 Å². The molecular weight excluding hydrogens is 296 g/mol. The molecule has 1 heterocycles. The smallest absolute Gasteiger partial charge is 0.127 e. The van der Waals surface area contributed by atoms with E-state index in [1.54, 1.807) is 0 Å². The van der Waals surface area contributed by atoms with E-state index in [4.69, 9.17) is 4.74 Å². The van der Waals surface area contributed by atoms with Crippen LogP contribution >= 0.6 is 0 Å². The quantitative estimate of drug-likeness (QED) is 0.804. The number of nitrogens with zero attached hydrogens (tertiary/aromatic N) is 1. The van der Waals surface area contributed by atoms with Gasteiger partial charge in [-0.1, -0.05) is 50.1 Å². The Kier molecular flexibility index (Phi) is 6.27. The SMILES string of the molecule is CCCC[C@H](c1cccc(Oc2ccccc2)c1)N1CCNCC1. The van der Waals surface area contributed by atoms with Gasteiger partial charge in [-0.25, -0.2) is 0 Å². The number of ether oxygens (including phenoxy) is 1. The zero-order valence-electron chi connectivity index (χ0n) is 14.6. The highest BCUT2D eigenvalue weighted by molar-refractivity contribution is 5.35. The fourth-order valence-corrected chi connectivity index (χ4v) is 3.36. The van der Waals surface area contributed by atoms with E-state index in [2.05, 4.69) is 35.3 Å². The highest BCUT2D eigenvalue weighted by atomic mass is 16.5. The lowest BCUT2D eigenvalue weighted by Crippen LogP contribution is -2.45. The molecule has 0 spiro atoms. The van der Waals surface area contributed by atoms with Crippen molar-refractivity contribution >= 4 is 0 Å². The monoisotopic (exact) mass is 324 g/mol. The number of para-hydroxylation sites is 1. The Hall–Kier alpha value is -1.84. The van der Waals surface area contributed by atoms with Crippen molar-refractivity contribution in [2.45, 2.75) is 32.2 Å². The topological polar surface area (TPSA) is 24.5 Å². The molecule has 1 saturated heterocycles. The van der Waals surface area contributed by atoms with Crippen LogP contribution in [0.15, 0.2) is 54.6 Å². The van der Waals surface area contributed by atoms with Crippen LogP contribution < -0.4 is 10.1 Å². The zero-order chi connectivity index (χ0) is 16.6. The minimum Gasteiger partial charge on any atom is -0.457 e. The number of hydrogen-bond acceptors (Lipinski definition) is 3. The standard InChI is InChI=1S/C21H28N2O/c1-2-3-12-21(23-15-13-22-14-16-23)18-8-7-11-20(17-18)24-19-9-5-4-6-10-19/h4-11,17,21-22H,2-3,12-16H2,1H3/t21-/m1/s1. The molecule has 0 bridgehead atoms. The van der Waals surface area contributed by atoms with Gasteiger partial charge in [0.25, 0.3) is 0 Å². The van der Waals surface area contributed by atoms with Crippen molar-refractivity contribution in [2.24, 2.45) is 0 Å². The van der Waals surface area contributed by atoms with Gasteiger partial charge < -0.3 is 10.1 Å². The summed E-state index contributed by atoms with van der Waals surface area (Å²) in [6, 6.07) is 19.1. The molecule has 1 atom stereocenters. The van der Waals surface area contributed by atoms with Crippen LogP contribution in [-0.4, -0.2) is 31.1 Å². The highest BCUT2D eigenvalue weighted by Gasteiger charge is 2.22. The third-order valence-corrected chi connectivity index (χ3v) is 4.65. The molecule has 0 unspecified atom stereocenters. The molecule has 3 rings (SSSR count). The molecule has 1 aliphatic rings. The molecule has 24 heavy (non-hydrogen) atoms. The largest absolute Gasteiger partial charge is 0.457 e. The molecule has 1 N–H and O–H groups in total. The second-order valence-electron chi connectivity index (χ2n) is 6.43. The molecule has 2 aromatic rings. The van der Waals surface area contributed by atoms with Crippen molar-refractivity contribution in [2.75, 3.05) is 26.2 Å². The first-order chi connectivity index (χ1) is 11.9. The summed E-state index contributed by atoms with van der Waals surface area (Å²) in [6.07, 6.45) is 3.71. The molecular formula is C21H28N2O. The van der Waals surface area contributed by atoms with Crippen molar-refractivity contribution in [3.05, 3.63) is 60.2 Å². The Morgan fingerprint density at radius 3 is 2.50 bits per heavy atom. The molecule has 1 aliphatic heterocycles. The van der Waals surface area contributed by atoms with Crippen molar-refractivity contribution in [1.82, 2.24) is 10.2 Å². The van der Waals surface area contributed by atoms with E-state index in [0.29, 0.717) is 6.04 Å². The molecule has 128 valence electrons. The van der Waals surface area contributed by atoms with Crippen molar-refractivity contribution < 1.29 is 4.74 Å². The predicted molar refractivity (Wildman–Crippen MR) is 99.7 cm³/mol. The molecule has 0 aliphatic carbocycles. The number of benzene rings is 2. The second kappa shape index (κ2) is 8.86. The van der Waals surface area contributed by atoms with Gasteiger partial charge in [0.15, 0.2) is 0 Å². The average Bonchev–Trinajstić information content (AvgIpc) is 2.64. The Morgan fingerprint density at radius 2 is 1.75 bits per heavy atom. The summed E-state index contributed by atoms with van der Waals surface area (Å²) in [4.78, 5) is 2.62. The van der Waals surface area contributed by atoms with E-state index in [0.717, 1.165) is 37.7 Å². The summed E-state index contributed by atoms with van der Waals surface area (Å²) in [6.45, 7) is 6.69. The molecule has 1 fully saturated rings. The maximum Gasteiger partial charge on any atom is 0.127 e. The van der Waals surface area contributed by atoms with Crippen LogP contribution in [0.1, 0.15) is 37.8 Å². The lowest BCUT2D eigenvalue weighted by Gasteiger charge is -2.35. The van der Waals surface area contributed by atoms with Crippen molar-refractivity contribution in [3.8, 4) is 11.5 Å². The summed E-state index contributed by atoms with van der Waals surface area (Å²) < 4.78 is 6.03. The maximum atomic E-state index is 6.03. The lowest BCUT2D eigenvalue weighted by atomic mass is 9.98. The van der Waals surface area contributed by atoms with Gasteiger partial charge in [-0.15, -0.1) is 0 Å². The summed E-state index contributed by atoms with van der Waals surface area (Å²) in [7, 11) is 0. The molecule has 0 saturated carbocycles. The van der Waals surface area contributed by atoms with Crippen LogP contribution in [0.3, 0.4) is 0 Å². The second-order valence-corrected chi connectivity index (χ2v) is 6.43. The van der Waals surface area contributed by atoms with Crippen LogP contribution in [-0.2, 0) is 0 Å². The first kappa shape index (κ1) is 17.0. The number of piperazine rings is 1. The molecule has 0 radical (unpaired) electrons. The number of unbranched alkanes of at least 4 members (excludes halogenated alkanes) is 1. The minimum absolute atomic E-state index is 0.492. The van der Waals surface area contributed by atoms with Crippen LogP contribution in [0, 0.1) is 0 Å². The molecule has 0 aromatic heterocycles. The maximum absolute atomic E-state index is 6.03. The number of rotatable bonds is 7. The molecule has 3 heteroatoms. The Morgan fingerprint density at radius 1 is 1.00 bits per heavy atom. The summed E-state index contributed by atoms with van der Waals surface area (Å²) >= 11 is 0. The number of hydrogen-bond donors (Lipinski definition) is 1. The van der Waals surface area contributed by atoms with Gasteiger partial charge in [-0.05, 0) is 36.2 Å². The van der Waals surface area contributed by atoms with E-state index < -0.39 is 0 Å². The highest BCUT2D eigenvalue weighted by Crippen LogP contribution is 2.30.